The standard InChI is InChI=1S/C10H13FO4/c1-7(11)9-6-13-10(15-14-9)4-2-8(12)3-5-10/h9H,1-6H2. The van der Waals surface area contributed by atoms with Crippen LogP contribution in [0.1, 0.15) is 25.7 Å². The van der Waals surface area contributed by atoms with Gasteiger partial charge in [0.1, 0.15) is 11.6 Å². The van der Waals surface area contributed by atoms with E-state index in [1.54, 1.807) is 0 Å². The van der Waals surface area contributed by atoms with Crippen molar-refractivity contribution in [2.24, 2.45) is 0 Å². The van der Waals surface area contributed by atoms with Crippen molar-refractivity contribution in [2.75, 3.05) is 6.61 Å². The zero-order chi connectivity index (χ0) is 10.9. The van der Waals surface area contributed by atoms with Crippen LogP contribution in [0.3, 0.4) is 0 Å². The molecule has 1 atom stereocenters. The van der Waals surface area contributed by atoms with Crippen molar-refractivity contribution in [3.63, 3.8) is 0 Å². The quantitative estimate of drug-likeness (QED) is 0.625. The zero-order valence-corrected chi connectivity index (χ0v) is 8.33. The first-order valence-electron chi connectivity index (χ1n) is 4.96. The Morgan fingerprint density at radius 2 is 2.13 bits per heavy atom. The number of hydrogen-bond donors (Lipinski definition) is 0. The van der Waals surface area contributed by atoms with Crippen LogP contribution in [0.5, 0.6) is 0 Å². The minimum atomic E-state index is -0.853. The third-order valence-electron chi connectivity index (χ3n) is 2.73. The third kappa shape index (κ3) is 2.25. The summed E-state index contributed by atoms with van der Waals surface area (Å²) >= 11 is 0. The highest BCUT2D eigenvalue weighted by molar-refractivity contribution is 5.79. The van der Waals surface area contributed by atoms with Crippen LogP contribution >= 0.6 is 0 Å². The normalized spacial score (nSPS) is 30.5. The van der Waals surface area contributed by atoms with Gasteiger partial charge in [-0.2, -0.15) is 0 Å². The van der Waals surface area contributed by atoms with Gasteiger partial charge >= 0.3 is 0 Å². The summed E-state index contributed by atoms with van der Waals surface area (Å²) in [7, 11) is 0. The molecule has 5 heteroatoms. The maximum Gasteiger partial charge on any atom is 0.202 e. The van der Waals surface area contributed by atoms with E-state index in [-0.39, 0.29) is 12.4 Å². The second-order valence-corrected chi connectivity index (χ2v) is 3.88. The number of Topliss-reactive ketones (excluding diaryl/α,β-unsaturated/α-hetero) is 1. The molecule has 2 fully saturated rings. The molecule has 0 aromatic rings. The first kappa shape index (κ1) is 10.7. The van der Waals surface area contributed by atoms with Crippen LogP contribution in [0, 0.1) is 0 Å². The Kier molecular flexibility index (Phi) is 2.86. The number of carbonyl (C=O) groups excluding carboxylic acids is 1. The fourth-order valence-corrected chi connectivity index (χ4v) is 1.71. The smallest absolute Gasteiger partial charge is 0.202 e. The van der Waals surface area contributed by atoms with E-state index in [9.17, 15) is 9.18 Å². The Morgan fingerprint density at radius 1 is 1.47 bits per heavy atom. The highest BCUT2D eigenvalue weighted by atomic mass is 19.1. The Bertz CT molecular complexity index is 269. The number of halogens is 1. The fourth-order valence-electron chi connectivity index (χ4n) is 1.71. The average Bonchev–Trinajstić information content (AvgIpc) is 2.24. The van der Waals surface area contributed by atoms with Gasteiger partial charge in [0.05, 0.1) is 6.61 Å². The maximum atomic E-state index is 12.7. The Morgan fingerprint density at radius 3 is 2.60 bits per heavy atom. The van der Waals surface area contributed by atoms with E-state index in [1.807, 2.05) is 0 Å². The van der Waals surface area contributed by atoms with Crippen LogP contribution in [0.4, 0.5) is 4.39 Å². The Labute approximate surface area is 86.9 Å². The van der Waals surface area contributed by atoms with E-state index >= 15 is 0 Å². The molecule has 1 saturated carbocycles. The summed E-state index contributed by atoms with van der Waals surface area (Å²) in [6.07, 6.45) is 0.928. The molecule has 0 aromatic carbocycles. The van der Waals surface area contributed by atoms with E-state index in [4.69, 9.17) is 14.5 Å². The van der Waals surface area contributed by atoms with Gasteiger partial charge in [-0.25, -0.2) is 14.2 Å². The molecule has 2 rings (SSSR count). The van der Waals surface area contributed by atoms with Crippen molar-refractivity contribution in [3.05, 3.63) is 12.4 Å². The molecule has 1 unspecified atom stereocenters. The van der Waals surface area contributed by atoms with Gasteiger partial charge in [-0.1, -0.05) is 6.58 Å². The molecule has 1 aliphatic heterocycles. The lowest BCUT2D eigenvalue weighted by Crippen LogP contribution is -2.47. The molecule has 0 bridgehead atoms. The van der Waals surface area contributed by atoms with Gasteiger partial charge in [-0.15, -0.1) is 0 Å². The first-order valence-corrected chi connectivity index (χ1v) is 4.96. The SMILES string of the molecule is C=C(F)C1COC2(CCC(=O)CC2)OO1. The van der Waals surface area contributed by atoms with Gasteiger partial charge < -0.3 is 4.74 Å². The largest absolute Gasteiger partial charge is 0.344 e. The molecule has 1 aliphatic carbocycles. The second-order valence-electron chi connectivity index (χ2n) is 3.88. The van der Waals surface area contributed by atoms with Crippen LogP contribution in [0.25, 0.3) is 0 Å². The highest BCUT2D eigenvalue weighted by Crippen LogP contribution is 2.35. The molecule has 15 heavy (non-hydrogen) atoms. The molecule has 0 amide bonds. The minimum Gasteiger partial charge on any atom is -0.344 e. The van der Waals surface area contributed by atoms with Gasteiger partial charge in [0, 0.05) is 25.7 Å². The molecule has 0 radical (unpaired) electrons. The predicted octanol–water partition coefficient (Wildman–Crippen LogP) is 1.66. The Balaban J connectivity index is 1.92. The van der Waals surface area contributed by atoms with Gasteiger partial charge in [0.2, 0.25) is 5.79 Å². The van der Waals surface area contributed by atoms with E-state index in [2.05, 4.69) is 6.58 Å². The number of ketones is 1. The monoisotopic (exact) mass is 216 g/mol. The van der Waals surface area contributed by atoms with Crippen LogP contribution < -0.4 is 0 Å². The summed E-state index contributed by atoms with van der Waals surface area (Å²) in [6, 6.07) is 0. The van der Waals surface area contributed by atoms with Crippen LogP contribution in [0.15, 0.2) is 12.4 Å². The van der Waals surface area contributed by atoms with Crippen LogP contribution in [-0.2, 0) is 19.3 Å². The maximum absolute atomic E-state index is 12.7. The lowest BCUT2D eigenvalue weighted by atomic mass is 9.93. The van der Waals surface area contributed by atoms with Gasteiger partial charge in [-0.05, 0) is 0 Å². The van der Waals surface area contributed by atoms with E-state index < -0.39 is 17.7 Å². The van der Waals surface area contributed by atoms with Crippen molar-refractivity contribution in [1.29, 1.82) is 0 Å². The number of hydrogen-bond acceptors (Lipinski definition) is 4. The predicted molar refractivity (Wildman–Crippen MR) is 48.4 cm³/mol. The molecule has 1 saturated heterocycles. The molecule has 0 aromatic heterocycles. The average molecular weight is 216 g/mol. The molecule has 4 nitrogen and oxygen atoms in total. The molecular formula is C10H13FO4. The summed E-state index contributed by atoms with van der Waals surface area (Å²) < 4.78 is 18.1. The zero-order valence-electron chi connectivity index (χ0n) is 8.33. The highest BCUT2D eigenvalue weighted by Gasteiger charge is 2.43. The van der Waals surface area contributed by atoms with E-state index in [0.717, 1.165) is 0 Å². The van der Waals surface area contributed by atoms with Crippen molar-refractivity contribution >= 4 is 5.78 Å². The van der Waals surface area contributed by atoms with Crippen molar-refractivity contribution in [1.82, 2.24) is 0 Å². The van der Waals surface area contributed by atoms with Crippen LogP contribution in [-0.4, -0.2) is 24.3 Å². The molecule has 1 heterocycles. The number of rotatable bonds is 1. The van der Waals surface area contributed by atoms with Crippen molar-refractivity contribution in [3.8, 4) is 0 Å². The van der Waals surface area contributed by atoms with Gasteiger partial charge in [0.15, 0.2) is 6.10 Å². The summed E-state index contributed by atoms with van der Waals surface area (Å²) in [5, 5.41) is 0. The summed E-state index contributed by atoms with van der Waals surface area (Å²) in [6.45, 7) is 3.21. The Hall–Kier alpha value is -0.780. The molecule has 1 spiro atoms. The first-order chi connectivity index (χ1) is 7.11. The molecule has 2 aliphatic rings. The number of ether oxygens (including phenoxy) is 1. The van der Waals surface area contributed by atoms with Crippen LogP contribution in [0.2, 0.25) is 0 Å². The molecular weight excluding hydrogens is 203 g/mol. The number of carbonyl (C=O) groups is 1. The molecule has 84 valence electrons. The van der Waals surface area contributed by atoms with E-state index in [0.29, 0.717) is 25.7 Å². The summed E-state index contributed by atoms with van der Waals surface area (Å²) in [5.74, 6) is -1.26. The molecule has 0 N–H and O–H groups in total. The van der Waals surface area contributed by atoms with Gasteiger partial charge in [0.25, 0.3) is 0 Å². The summed E-state index contributed by atoms with van der Waals surface area (Å²) in [4.78, 5) is 20.9. The van der Waals surface area contributed by atoms with Crippen molar-refractivity contribution < 1.29 is 23.7 Å². The van der Waals surface area contributed by atoms with Gasteiger partial charge in [-0.3, -0.25) is 4.79 Å². The minimum absolute atomic E-state index is 0.0868. The fraction of sp³-hybridized carbons (Fsp3) is 0.700. The second kappa shape index (κ2) is 4.00. The topological polar surface area (TPSA) is 44.8 Å². The third-order valence-corrected chi connectivity index (χ3v) is 2.73. The summed E-state index contributed by atoms with van der Waals surface area (Å²) in [5.41, 5.74) is 0. The lowest BCUT2D eigenvalue weighted by Gasteiger charge is -2.39. The lowest BCUT2D eigenvalue weighted by molar-refractivity contribution is -0.486. The van der Waals surface area contributed by atoms with E-state index in [1.165, 1.54) is 0 Å². The van der Waals surface area contributed by atoms with Crippen molar-refractivity contribution in [2.45, 2.75) is 37.6 Å².